The van der Waals surface area contributed by atoms with Crippen LogP contribution in [0.15, 0.2) is 40.9 Å². The Morgan fingerprint density at radius 1 is 1.14 bits per heavy atom. The van der Waals surface area contributed by atoms with Gasteiger partial charge in [-0.3, -0.25) is 9.59 Å². The third-order valence-electron chi connectivity index (χ3n) is 5.88. The number of fused-ring (bicyclic) bond motifs is 1. The first-order chi connectivity index (χ1) is 16.4. The summed E-state index contributed by atoms with van der Waals surface area (Å²) in [7, 11) is 2.87. The molecule has 1 aliphatic carbocycles. The highest BCUT2D eigenvalue weighted by Gasteiger charge is 2.32. The molecule has 3 aromatic rings. The van der Waals surface area contributed by atoms with E-state index < -0.39 is 11.9 Å². The molecule has 0 atom stereocenters. The minimum Gasteiger partial charge on any atom is -0.465 e. The summed E-state index contributed by atoms with van der Waals surface area (Å²) in [6, 6.07) is 7.91. The van der Waals surface area contributed by atoms with Crippen LogP contribution in [-0.2, 0) is 9.53 Å². The number of aromatic nitrogens is 1. The molecule has 2 N–H and O–H groups in total. The molecule has 35 heavy (non-hydrogen) atoms. The maximum absolute atomic E-state index is 13.4. The Labute approximate surface area is 213 Å². The number of furan rings is 1. The van der Waals surface area contributed by atoms with Gasteiger partial charge in [0.15, 0.2) is 11.3 Å². The van der Waals surface area contributed by atoms with E-state index in [1.165, 1.54) is 18.3 Å². The highest BCUT2D eigenvalue weighted by Crippen LogP contribution is 2.35. The number of ether oxygens (including phenoxy) is 1. The Bertz CT molecular complexity index is 1220. The van der Waals surface area contributed by atoms with E-state index in [1.807, 2.05) is 0 Å². The summed E-state index contributed by atoms with van der Waals surface area (Å²) in [6.45, 7) is 0. The van der Waals surface area contributed by atoms with Gasteiger partial charge < -0.3 is 14.5 Å². The number of carbonyl (C=O) groups is 3. The van der Waals surface area contributed by atoms with Crippen molar-refractivity contribution in [1.82, 2.24) is 10.4 Å². The number of carbonyl (C=O) groups excluding carboxylic acids is 3. The van der Waals surface area contributed by atoms with Gasteiger partial charge in [-0.1, -0.05) is 36.9 Å². The number of halogens is 2. The van der Waals surface area contributed by atoms with Gasteiger partial charge in [0.1, 0.15) is 11.5 Å². The largest absolute Gasteiger partial charge is 0.465 e. The number of rotatable bonds is 6. The molecule has 0 aliphatic heterocycles. The second-order valence-corrected chi connectivity index (χ2v) is 8.47. The SMILES string of the molecule is CNN(C(=O)C1CCCCC1)c1c(C(=O)OC)ccc2cc(C(=O)Nc3ccc(Cl)cn3)oc12.Cl. The van der Waals surface area contributed by atoms with Gasteiger partial charge in [0.2, 0.25) is 5.91 Å². The topological polar surface area (TPSA) is 114 Å². The molecule has 1 aromatic carbocycles. The van der Waals surface area contributed by atoms with Crippen LogP contribution in [0.25, 0.3) is 11.0 Å². The van der Waals surface area contributed by atoms with Gasteiger partial charge >= 0.3 is 5.97 Å². The third kappa shape index (κ3) is 5.58. The Balaban J connectivity index is 0.00000342. The minimum absolute atomic E-state index is 0. The highest BCUT2D eigenvalue weighted by molar-refractivity contribution is 6.30. The zero-order valence-electron chi connectivity index (χ0n) is 19.3. The number of benzene rings is 1. The second kappa shape index (κ2) is 11.5. The van der Waals surface area contributed by atoms with Gasteiger partial charge in [0.05, 0.1) is 17.7 Å². The molecule has 2 heterocycles. The van der Waals surface area contributed by atoms with Crippen LogP contribution in [0.2, 0.25) is 5.02 Å². The van der Waals surface area contributed by atoms with Crippen LogP contribution in [-0.4, -0.2) is 36.9 Å². The molecule has 0 bridgehead atoms. The number of hydrazine groups is 1. The van der Waals surface area contributed by atoms with Crippen molar-refractivity contribution in [3.63, 3.8) is 0 Å². The Hall–Kier alpha value is -3.14. The summed E-state index contributed by atoms with van der Waals surface area (Å²) in [5.74, 6) is -1.19. The lowest BCUT2D eigenvalue weighted by atomic mass is 9.88. The number of methoxy groups -OCH3 is 1. The van der Waals surface area contributed by atoms with Crippen molar-refractivity contribution in [2.24, 2.45) is 5.92 Å². The molecule has 0 saturated heterocycles. The molecule has 2 amide bonds. The fourth-order valence-corrected chi connectivity index (χ4v) is 4.30. The van der Waals surface area contributed by atoms with Crippen LogP contribution in [0.5, 0.6) is 0 Å². The molecular formula is C24H26Cl2N4O5. The molecule has 9 nitrogen and oxygen atoms in total. The van der Waals surface area contributed by atoms with Gasteiger partial charge in [-0.2, -0.15) is 0 Å². The van der Waals surface area contributed by atoms with Crippen LogP contribution in [0.3, 0.4) is 0 Å². The van der Waals surface area contributed by atoms with Crippen molar-refractivity contribution < 1.29 is 23.5 Å². The average molecular weight is 521 g/mol. The van der Waals surface area contributed by atoms with Crippen LogP contribution >= 0.6 is 24.0 Å². The maximum atomic E-state index is 13.4. The first-order valence-corrected chi connectivity index (χ1v) is 11.4. The van der Waals surface area contributed by atoms with E-state index in [4.69, 9.17) is 20.8 Å². The first-order valence-electron chi connectivity index (χ1n) is 11.0. The van der Waals surface area contributed by atoms with E-state index in [1.54, 1.807) is 37.4 Å². The lowest BCUT2D eigenvalue weighted by Crippen LogP contribution is -2.45. The molecule has 1 fully saturated rings. The molecule has 1 saturated carbocycles. The van der Waals surface area contributed by atoms with Crippen molar-refractivity contribution in [3.8, 4) is 0 Å². The molecule has 1 aliphatic rings. The number of anilines is 2. The second-order valence-electron chi connectivity index (χ2n) is 8.03. The molecule has 0 spiro atoms. The summed E-state index contributed by atoms with van der Waals surface area (Å²) < 4.78 is 10.8. The fourth-order valence-electron chi connectivity index (χ4n) is 4.19. The number of hydrogen-bond donors (Lipinski definition) is 2. The maximum Gasteiger partial charge on any atom is 0.340 e. The molecule has 4 rings (SSSR count). The normalized spacial score (nSPS) is 13.7. The molecule has 0 unspecified atom stereocenters. The van der Waals surface area contributed by atoms with E-state index in [-0.39, 0.29) is 46.8 Å². The standard InChI is InChI=1S/C24H25ClN4O5.ClH/c1-26-29(23(31)14-6-4-3-5-7-14)20-17(24(32)33-2)10-8-15-12-18(34-21(15)20)22(30)28-19-11-9-16(25)13-27-19;/h8-14,26H,3-7H2,1-2H3,(H,27,28,30);1H. The van der Waals surface area contributed by atoms with Crippen LogP contribution in [0.1, 0.15) is 53.0 Å². The number of hydrogen-bond acceptors (Lipinski definition) is 7. The van der Waals surface area contributed by atoms with Crippen molar-refractivity contribution in [2.75, 3.05) is 24.5 Å². The predicted octanol–water partition coefficient (Wildman–Crippen LogP) is 4.99. The lowest BCUT2D eigenvalue weighted by Gasteiger charge is -2.29. The molecule has 0 radical (unpaired) electrons. The smallest absolute Gasteiger partial charge is 0.340 e. The zero-order chi connectivity index (χ0) is 24.2. The van der Waals surface area contributed by atoms with Crippen LogP contribution in [0, 0.1) is 5.92 Å². The van der Waals surface area contributed by atoms with E-state index in [0.717, 1.165) is 32.1 Å². The Kier molecular flexibility index (Phi) is 8.71. The number of esters is 1. The number of nitrogens with one attached hydrogen (secondary N) is 2. The highest BCUT2D eigenvalue weighted by atomic mass is 35.5. The van der Waals surface area contributed by atoms with Crippen LogP contribution < -0.4 is 15.8 Å². The van der Waals surface area contributed by atoms with Gasteiger partial charge in [-0.25, -0.2) is 20.2 Å². The molecule has 11 heteroatoms. The van der Waals surface area contributed by atoms with Crippen molar-refractivity contribution in [1.29, 1.82) is 0 Å². The van der Waals surface area contributed by atoms with Gasteiger partial charge in [-0.15, -0.1) is 12.4 Å². The summed E-state index contributed by atoms with van der Waals surface area (Å²) in [5, 5.41) is 4.96. The first kappa shape index (κ1) is 26.5. The Morgan fingerprint density at radius 2 is 1.89 bits per heavy atom. The van der Waals surface area contributed by atoms with Gasteiger partial charge in [0.25, 0.3) is 5.91 Å². The fraction of sp³-hybridized carbons (Fsp3) is 0.333. The summed E-state index contributed by atoms with van der Waals surface area (Å²) in [5.41, 5.74) is 3.48. The van der Waals surface area contributed by atoms with E-state index in [0.29, 0.717) is 16.2 Å². The summed E-state index contributed by atoms with van der Waals surface area (Å²) >= 11 is 5.84. The zero-order valence-corrected chi connectivity index (χ0v) is 20.9. The Morgan fingerprint density at radius 3 is 2.51 bits per heavy atom. The molecule has 2 aromatic heterocycles. The number of amides is 2. The van der Waals surface area contributed by atoms with E-state index in [9.17, 15) is 14.4 Å². The monoisotopic (exact) mass is 520 g/mol. The number of nitrogens with zero attached hydrogens (tertiary/aromatic N) is 2. The number of pyridine rings is 1. The van der Waals surface area contributed by atoms with Crippen molar-refractivity contribution >= 4 is 64.3 Å². The van der Waals surface area contributed by atoms with Crippen LogP contribution in [0.4, 0.5) is 11.5 Å². The average Bonchev–Trinajstić information content (AvgIpc) is 3.31. The van der Waals surface area contributed by atoms with E-state index >= 15 is 0 Å². The minimum atomic E-state index is -0.624. The molecular weight excluding hydrogens is 495 g/mol. The lowest BCUT2D eigenvalue weighted by molar-refractivity contribution is -0.123. The van der Waals surface area contributed by atoms with E-state index in [2.05, 4.69) is 15.7 Å². The molecule has 186 valence electrons. The van der Waals surface area contributed by atoms with Crippen molar-refractivity contribution in [3.05, 3.63) is 52.9 Å². The van der Waals surface area contributed by atoms with Gasteiger partial charge in [-0.05, 0) is 37.1 Å². The van der Waals surface area contributed by atoms with Crippen molar-refractivity contribution in [2.45, 2.75) is 32.1 Å². The third-order valence-corrected chi connectivity index (χ3v) is 6.10. The quantitative estimate of drug-likeness (QED) is 0.347. The predicted molar refractivity (Wildman–Crippen MR) is 135 cm³/mol. The summed E-state index contributed by atoms with van der Waals surface area (Å²) in [6.07, 6.45) is 6.03. The van der Waals surface area contributed by atoms with Gasteiger partial charge in [0, 0.05) is 24.5 Å². The summed E-state index contributed by atoms with van der Waals surface area (Å²) in [4.78, 5) is 42.9.